The van der Waals surface area contributed by atoms with E-state index in [9.17, 15) is 0 Å². The second-order valence-corrected chi connectivity index (χ2v) is 7.58. The fraction of sp³-hybridized carbons (Fsp3) is 0.722. The van der Waals surface area contributed by atoms with Gasteiger partial charge in [0.05, 0.1) is 17.9 Å². The van der Waals surface area contributed by atoms with E-state index < -0.39 is 0 Å². The lowest BCUT2D eigenvalue weighted by Crippen LogP contribution is -2.45. The second-order valence-electron chi connectivity index (χ2n) is 7.58. The van der Waals surface area contributed by atoms with Crippen molar-refractivity contribution >= 4 is 0 Å². The van der Waals surface area contributed by atoms with Crippen molar-refractivity contribution in [2.24, 2.45) is 17.1 Å². The average Bonchev–Trinajstić information content (AvgIpc) is 2.46. The minimum atomic E-state index is -0.147. The number of pyridine rings is 1. The van der Waals surface area contributed by atoms with Crippen molar-refractivity contribution in [3.8, 4) is 0 Å². The Kier molecular flexibility index (Phi) is 5.05. The SMILES string of the molecule is Cc1cccnc1COC1(CN)CCC(C(C)(C)C)CC1. The van der Waals surface area contributed by atoms with Gasteiger partial charge in [0.2, 0.25) is 0 Å². The van der Waals surface area contributed by atoms with Gasteiger partial charge < -0.3 is 10.5 Å². The highest BCUT2D eigenvalue weighted by atomic mass is 16.5. The quantitative estimate of drug-likeness (QED) is 0.916. The van der Waals surface area contributed by atoms with E-state index in [1.165, 1.54) is 18.4 Å². The molecule has 3 heteroatoms. The molecule has 2 rings (SSSR count). The summed E-state index contributed by atoms with van der Waals surface area (Å²) in [4.78, 5) is 4.42. The third-order valence-corrected chi connectivity index (χ3v) is 5.13. The van der Waals surface area contributed by atoms with Gasteiger partial charge in [0, 0.05) is 12.7 Å². The van der Waals surface area contributed by atoms with Gasteiger partial charge in [-0.15, -0.1) is 0 Å². The Labute approximate surface area is 129 Å². The molecule has 0 amide bonds. The molecule has 118 valence electrons. The number of nitrogens with zero attached hydrogens (tertiary/aromatic N) is 1. The number of hydrogen-bond donors (Lipinski definition) is 1. The summed E-state index contributed by atoms with van der Waals surface area (Å²) in [6.07, 6.45) is 6.38. The fourth-order valence-electron chi connectivity index (χ4n) is 3.31. The van der Waals surface area contributed by atoms with Crippen molar-refractivity contribution in [2.45, 2.75) is 65.6 Å². The molecule has 0 aliphatic heterocycles. The molecule has 0 radical (unpaired) electrons. The zero-order valence-electron chi connectivity index (χ0n) is 14.0. The van der Waals surface area contributed by atoms with E-state index >= 15 is 0 Å². The van der Waals surface area contributed by atoms with Crippen LogP contribution in [0.3, 0.4) is 0 Å². The predicted octanol–water partition coefficient (Wildman–Crippen LogP) is 3.84. The van der Waals surface area contributed by atoms with Crippen molar-refractivity contribution in [3.05, 3.63) is 29.6 Å². The Balaban J connectivity index is 1.96. The van der Waals surface area contributed by atoms with E-state index in [1.807, 2.05) is 12.3 Å². The monoisotopic (exact) mass is 290 g/mol. The fourth-order valence-corrected chi connectivity index (χ4v) is 3.31. The highest BCUT2D eigenvalue weighted by molar-refractivity contribution is 5.16. The lowest BCUT2D eigenvalue weighted by atomic mass is 9.68. The Bertz CT molecular complexity index is 457. The molecular weight excluding hydrogens is 260 g/mol. The topological polar surface area (TPSA) is 48.1 Å². The van der Waals surface area contributed by atoms with E-state index in [1.54, 1.807) is 0 Å². The van der Waals surface area contributed by atoms with Gasteiger partial charge in [-0.3, -0.25) is 4.98 Å². The molecule has 3 nitrogen and oxygen atoms in total. The Morgan fingerprint density at radius 3 is 2.52 bits per heavy atom. The number of aryl methyl sites for hydroxylation is 1. The molecule has 1 aliphatic rings. The Hall–Kier alpha value is -0.930. The van der Waals surface area contributed by atoms with Crippen molar-refractivity contribution < 1.29 is 4.74 Å². The summed E-state index contributed by atoms with van der Waals surface area (Å²) in [6.45, 7) is 10.3. The number of nitrogens with two attached hydrogens (primary N) is 1. The lowest BCUT2D eigenvalue weighted by Gasteiger charge is -2.43. The standard InChI is InChI=1S/C18H30N2O/c1-14-6-5-11-20-16(14)12-21-18(13-19)9-7-15(8-10-18)17(2,3)4/h5-6,11,15H,7-10,12-13,19H2,1-4H3. The first-order chi connectivity index (χ1) is 9.86. The molecule has 21 heavy (non-hydrogen) atoms. The maximum Gasteiger partial charge on any atom is 0.0898 e. The first-order valence-electron chi connectivity index (χ1n) is 8.11. The largest absolute Gasteiger partial charge is 0.367 e. The van der Waals surface area contributed by atoms with Crippen LogP contribution in [-0.4, -0.2) is 17.1 Å². The van der Waals surface area contributed by atoms with E-state index in [0.29, 0.717) is 18.6 Å². The summed E-state index contributed by atoms with van der Waals surface area (Å²) < 4.78 is 6.26. The molecule has 0 unspecified atom stereocenters. The zero-order chi connectivity index (χ0) is 15.5. The summed E-state index contributed by atoms with van der Waals surface area (Å²) in [5.74, 6) is 0.775. The molecule has 1 aromatic heterocycles. The van der Waals surface area contributed by atoms with Crippen LogP contribution in [0.1, 0.15) is 57.7 Å². The minimum Gasteiger partial charge on any atom is -0.367 e. The van der Waals surface area contributed by atoms with E-state index in [4.69, 9.17) is 10.5 Å². The van der Waals surface area contributed by atoms with Crippen LogP contribution in [0.4, 0.5) is 0 Å². The molecule has 1 aromatic rings. The van der Waals surface area contributed by atoms with Crippen LogP contribution in [0.5, 0.6) is 0 Å². The predicted molar refractivity (Wildman–Crippen MR) is 87.0 cm³/mol. The molecule has 1 saturated carbocycles. The third kappa shape index (κ3) is 4.04. The summed E-state index contributed by atoms with van der Waals surface area (Å²) in [7, 11) is 0. The van der Waals surface area contributed by atoms with Gasteiger partial charge in [0.1, 0.15) is 0 Å². The molecule has 0 spiro atoms. The van der Waals surface area contributed by atoms with E-state index in [2.05, 4.69) is 38.7 Å². The van der Waals surface area contributed by atoms with Gasteiger partial charge in [-0.2, -0.15) is 0 Å². The first-order valence-corrected chi connectivity index (χ1v) is 8.11. The van der Waals surface area contributed by atoms with Crippen LogP contribution in [0.2, 0.25) is 0 Å². The Morgan fingerprint density at radius 1 is 1.33 bits per heavy atom. The molecule has 0 saturated heterocycles. The smallest absolute Gasteiger partial charge is 0.0898 e. The Morgan fingerprint density at radius 2 is 2.00 bits per heavy atom. The van der Waals surface area contributed by atoms with Crippen LogP contribution in [0.15, 0.2) is 18.3 Å². The summed E-state index contributed by atoms with van der Waals surface area (Å²) in [6, 6.07) is 4.05. The first kappa shape index (κ1) is 16.4. The molecule has 0 bridgehead atoms. The van der Waals surface area contributed by atoms with E-state index in [0.717, 1.165) is 24.5 Å². The van der Waals surface area contributed by atoms with Gasteiger partial charge in [-0.1, -0.05) is 26.8 Å². The molecule has 1 fully saturated rings. The number of hydrogen-bond acceptors (Lipinski definition) is 3. The zero-order valence-corrected chi connectivity index (χ0v) is 14.0. The molecule has 2 N–H and O–H groups in total. The highest BCUT2D eigenvalue weighted by Crippen LogP contribution is 2.42. The number of ether oxygens (including phenoxy) is 1. The van der Waals surface area contributed by atoms with Crippen LogP contribution in [0, 0.1) is 18.3 Å². The highest BCUT2D eigenvalue weighted by Gasteiger charge is 2.38. The van der Waals surface area contributed by atoms with Crippen LogP contribution in [-0.2, 0) is 11.3 Å². The third-order valence-electron chi connectivity index (χ3n) is 5.13. The van der Waals surface area contributed by atoms with Gasteiger partial charge in [0.25, 0.3) is 0 Å². The maximum atomic E-state index is 6.26. The van der Waals surface area contributed by atoms with Crippen LogP contribution in [0.25, 0.3) is 0 Å². The molecular formula is C18H30N2O. The van der Waals surface area contributed by atoms with Gasteiger partial charge in [-0.25, -0.2) is 0 Å². The summed E-state index contributed by atoms with van der Waals surface area (Å²) >= 11 is 0. The van der Waals surface area contributed by atoms with Gasteiger partial charge in [0.15, 0.2) is 0 Å². The molecule has 0 atom stereocenters. The van der Waals surface area contributed by atoms with Crippen molar-refractivity contribution in [1.29, 1.82) is 0 Å². The van der Waals surface area contributed by atoms with Crippen molar-refractivity contribution in [1.82, 2.24) is 4.98 Å². The van der Waals surface area contributed by atoms with Gasteiger partial charge >= 0.3 is 0 Å². The molecule has 0 aromatic carbocycles. The summed E-state index contributed by atoms with van der Waals surface area (Å²) in [5.41, 5.74) is 8.51. The van der Waals surface area contributed by atoms with Crippen LogP contribution >= 0.6 is 0 Å². The normalized spacial score (nSPS) is 26.8. The summed E-state index contributed by atoms with van der Waals surface area (Å²) in [5, 5.41) is 0. The van der Waals surface area contributed by atoms with Gasteiger partial charge in [-0.05, 0) is 55.6 Å². The lowest BCUT2D eigenvalue weighted by molar-refractivity contribution is -0.0899. The number of aromatic nitrogens is 1. The van der Waals surface area contributed by atoms with E-state index in [-0.39, 0.29) is 5.60 Å². The number of rotatable bonds is 4. The minimum absolute atomic E-state index is 0.147. The van der Waals surface area contributed by atoms with Crippen molar-refractivity contribution in [3.63, 3.8) is 0 Å². The maximum absolute atomic E-state index is 6.26. The van der Waals surface area contributed by atoms with Crippen molar-refractivity contribution in [2.75, 3.05) is 6.54 Å². The second kappa shape index (κ2) is 6.45. The molecule has 1 heterocycles. The molecule has 1 aliphatic carbocycles. The van der Waals surface area contributed by atoms with Crippen LogP contribution < -0.4 is 5.73 Å². The average molecular weight is 290 g/mol.